The number of nitrogens with zero attached hydrogens (tertiary/aromatic N) is 1. The lowest BCUT2D eigenvalue weighted by Gasteiger charge is -2.32. The van der Waals surface area contributed by atoms with Gasteiger partial charge in [0, 0.05) is 30.1 Å². The van der Waals surface area contributed by atoms with Gasteiger partial charge in [-0.25, -0.2) is 17.1 Å². The largest absolute Gasteiger partial charge is 0.294 e. The topological polar surface area (TPSA) is 54.5 Å². The van der Waals surface area contributed by atoms with Gasteiger partial charge in [-0.3, -0.25) is 4.79 Å². The summed E-state index contributed by atoms with van der Waals surface area (Å²) >= 11 is 0. The monoisotopic (exact) mass is 389 g/mol. The Hall–Kier alpha value is -2.05. The Balaban J connectivity index is 1.81. The molecule has 1 saturated heterocycles. The molecule has 1 heterocycles. The van der Waals surface area contributed by atoms with Crippen molar-refractivity contribution in [1.29, 1.82) is 0 Å². The number of Topliss-reactive ketones (excluding diaryl/α,β-unsaturated/α-hetero) is 1. The Labute approximate surface area is 160 Å². The Morgan fingerprint density at radius 2 is 1.85 bits per heavy atom. The standard InChI is InChI=1S/C21H24FNO3S/c1-15(2)27(25,26)23-12-6-9-18(14-23)21(24)17-10-11-19(20(22)13-17)16-7-4-3-5-8-16/h3-5,7-8,10-11,13,15,18H,6,9,12,14H2,1-2H3/t18-/m1/s1. The third-order valence-electron chi connectivity index (χ3n) is 5.05. The molecule has 0 radical (unpaired) electrons. The molecule has 6 heteroatoms. The second-order valence-electron chi connectivity index (χ2n) is 7.22. The van der Waals surface area contributed by atoms with Crippen LogP contribution in [0.4, 0.5) is 4.39 Å². The lowest BCUT2D eigenvalue weighted by Crippen LogP contribution is -2.45. The summed E-state index contributed by atoms with van der Waals surface area (Å²) in [6.45, 7) is 3.88. The third-order valence-corrected chi connectivity index (χ3v) is 7.29. The minimum Gasteiger partial charge on any atom is -0.294 e. The summed E-state index contributed by atoms with van der Waals surface area (Å²) < 4.78 is 40.8. The van der Waals surface area contributed by atoms with Gasteiger partial charge in [-0.1, -0.05) is 42.5 Å². The average molecular weight is 389 g/mol. The molecule has 0 saturated carbocycles. The van der Waals surface area contributed by atoms with E-state index < -0.39 is 27.0 Å². The van der Waals surface area contributed by atoms with Gasteiger partial charge >= 0.3 is 0 Å². The fourth-order valence-electron chi connectivity index (χ4n) is 3.44. The molecule has 27 heavy (non-hydrogen) atoms. The summed E-state index contributed by atoms with van der Waals surface area (Å²) in [4.78, 5) is 12.9. The molecule has 4 nitrogen and oxygen atoms in total. The number of benzene rings is 2. The van der Waals surface area contributed by atoms with Crippen LogP contribution in [0.3, 0.4) is 0 Å². The summed E-state index contributed by atoms with van der Waals surface area (Å²) in [6, 6.07) is 13.7. The zero-order valence-corrected chi connectivity index (χ0v) is 16.4. The van der Waals surface area contributed by atoms with E-state index in [9.17, 15) is 17.6 Å². The first-order valence-corrected chi connectivity index (χ1v) is 10.7. The quantitative estimate of drug-likeness (QED) is 0.723. The molecule has 1 aliphatic rings. The van der Waals surface area contributed by atoms with Crippen molar-refractivity contribution in [3.63, 3.8) is 0 Å². The lowest BCUT2D eigenvalue weighted by atomic mass is 9.90. The molecule has 0 unspecified atom stereocenters. The van der Waals surface area contributed by atoms with Crippen LogP contribution < -0.4 is 0 Å². The zero-order chi connectivity index (χ0) is 19.6. The predicted molar refractivity (Wildman–Crippen MR) is 105 cm³/mol. The summed E-state index contributed by atoms with van der Waals surface area (Å²) in [5.41, 5.74) is 1.49. The molecule has 1 atom stereocenters. The van der Waals surface area contributed by atoms with Gasteiger partial charge in [0.25, 0.3) is 0 Å². The molecule has 0 spiro atoms. The fraction of sp³-hybridized carbons (Fsp3) is 0.381. The minimum absolute atomic E-state index is 0.168. The maximum Gasteiger partial charge on any atom is 0.216 e. The van der Waals surface area contributed by atoms with Crippen molar-refractivity contribution in [2.24, 2.45) is 5.92 Å². The van der Waals surface area contributed by atoms with Crippen molar-refractivity contribution in [2.45, 2.75) is 31.9 Å². The van der Waals surface area contributed by atoms with Crippen LogP contribution in [-0.2, 0) is 10.0 Å². The molecular formula is C21H24FNO3S. The number of carbonyl (C=O) groups excluding carboxylic acids is 1. The van der Waals surface area contributed by atoms with Crippen molar-refractivity contribution < 1.29 is 17.6 Å². The van der Waals surface area contributed by atoms with Gasteiger partial charge in [0.15, 0.2) is 5.78 Å². The minimum atomic E-state index is -3.39. The number of piperidine rings is 1. The SMILES string of the molecule is CC(C)S(=O)(=O)N1CCC[C@@H](C(=O)c2ccc(-c3ccccc3)c(F)c2)C1. The van der Waals surface area contributed by atoms with Crippen LogP contribution in [0, 0.1) is 11.7 Å². The molecule has 1 aliphatic heterocycles. The molecule has 3 rings (SSSR count). The van der Waals surface area contributed by atoms with Crippen molar-refractivity contribution in [3.8, 4) is 11.1 Å². The summed E-state index contributed by atoms with van der Waals surface area (Å²) in [6.07, 6.45) is 1.25. The lowest BCUT2D eigenvalue weighted by molar-refractivity contribution is 0.0871. The number of sulfonamides is 1. The second-order valence-corrected chi connectivity index (χ2v) is 9.70. The van der Waals surface area contributed by atoms with Crippen LogP contribution in [0.2, 0.25) is 0 Å². The van der Waals surface area contributed by atoms with Crippen molar-refractivity contribution in [1.82, 2.24) is 4.31 Å². The number of hydrogen-bond donors (Lipinski definition) is 0. The van der Waals surface area contributed by atoms with E-state index in [-0.39, 0.29) is 12.3 Å². The Kier molecular flexibility index (Phi) is 5.77. The van der Waals surface area contributed by atoms with Crippen LogP contribution in [0.25, 0.3) is 11.1 Å². The summed E-state index contributed by atoms with van der Waals surface area (Å²) in [7, 11) is -3.39. The summed E-state index contributed by atoms with van der Waals surface area (Å²) in [5.74, 6) is -1.08. The molecule has 0 aliphatic carbocycles. The first kappa shape index (κ1) is 19.7. The molecule has 144 valence electrons. The van der Waals surface area contributed by atoms with E-state index in [1.807, 2.05) is 30.3 Å². The maximum absolute atomic E-state index is 14.6. The summed E-state index contributed by atoms with van der Waals surface area (Å²) in [5, 5.41) is -0.519. The van der Waals surface area contributed by atoms with Gasteiger partial charge in [-0.05, 0) is 38.3 Å². The highest BCUT2D eigenvalue weighted by Crippen LogP contribution is 2.27. The van der Waals surface area contributed by atoms with Gasteiger partial charge in [-0.2, -0.15) is 0 Å². The van der Waals surface area contributed by atoms with Crippen molar-refractivity contribution in [3.05, 3.63) is 59.9 Å². The van der Waals surface area contributed by atoms with Crippen molar-refractivity contribution in [2.75, 3.05) is 13.1 Å². The third kappa shape index (κ3) is 4.12. The van der Waals surface area contributed by atoms with Crippen LogP contribution >= 0.6 is 0 Å². The molecule has 0 amide bonds. The zero-order valence-electron chi connectivity index (χ0n) is 15.6. The molecule has 2 aromatic rings. The number of rotatable bonds is 5. The predicted octanol–water partition coefficient (Wildman–Crippen LogP) is 4.13. The highest BCUT2D eigenvalue weighted by Gasteiger charge is 2.34. The number of carbonyl (C=O) groups is 1. The van der Waals surface area contributed by atoms with E-state index in [4.69, 9.17) is 0 Å². The number of hydrogen-bond acceptors (Lipinski definition) is 3. The van der Waals surface area contributed by atoms with E-state index in [1.54, 1.807) is 26.0 Å². The first-order chi connectivity index (χ1) is 12.8. The van der Waals surface area contributed by atoms with Gasteiger partial charge in [0.05, 0.1) is 5.25 Å². The first-order valence-electron chi connectivity index (χ1n) is 9.19. The van der Waals surface area contributed by atoms with Crippen LogP contribution in [-0.4, -0.2) is 36.8 Å². The second kappa shape index (κ2) is 7.90. The van der Waals surface area contributed by atoms with E-state index >= 15 is 0 Å². The van der Waals surface area contributed by atoms with E-state index in [1.165, 1.54) is 10.4 Å². The Morgan fingerprint density at radius 3 is 2.48 bits per heavy atom. The van der Waals surface area contributed by atoms with Gasteiger partial charge in [0.2, 0.25) is 10.0 Å². The highest BCUT2D eigenvalue weighted by molar-refractivity contribution is 7.89. The van der Waals surface area contributed by atoms with Crippen LogP contribution in [0.15, 0.2) is 48.5 Å². The Bertz CT molecular complexity index is 926. The van der Waals surface area contributed by atoms with E-state index in [0.29, 0.717) is 30.5 Å². The fourth-order valence-corrected chi connectivity index (χ4v) is 4.81. The van der Waals surface area contributed by atoms with Gasteiger partial charge < -0.3 is 0 Å². The highest BCUT2D eigenvalue weighted by atomic mass is 32.2. The van der Waals surface area contributed by atoms with E-state index in [0.717, 1.165) is 5.56 Å². The molecule has 1 fully saturated rings. The maximum atomic E-state index is 14.6. The van der Waals surface area contributed by atoms with Crippen molar-refractivity contribution >= 4 is 15.8 Å². The number of halogens is 1. The van der Waals surface area contributed by atoms with Crippen LogP contribution in [0.5, 0.6) is 0 Å². The van der Waals surface area contributed by atoms with E-state index in [2.05, 4.69) is 0 Å². The Morgan fingerprint density at radius 1 is 1.15 bits per heavy atom. The number of ketones is 1. The van der Waals surface area contributed by atoms with Crippen LogP contribution in [0.1, 0.15) is 37.0 Å². The molecule has 0 aromatic heterocycles. The molecule has 0 bridgehead atoms. The molecular weight excluding hydrogens is 365 g/mol. The normalized spacial score (nSPS) is 18.6. The smallest absolute Gasteiger partial charge is 0.216 e. The van der Waals surface area contributed by atoms with Gasteiger partial charge in [-0.15, -0.1) is 0 Å². The molecule has 0 N–H and O–H groups in total. The molecule has 2 aromatic carbocycles. The average Bonchev–Trinajstić information content (AvgIpc) is 2.68. The van der Waals surface area contributed by atoms with Gasteiger partial charge in [0.1, 0.15) is 5.82 Å².